The number of aliphatic hydroxyl groups is 1. The molecule has 1 atom stereocenters. The highest BCUT2D eigenvalue weighted by Gasteiger charge is 2.18. The van der Waals surface area contributed by atoms with Crippen LogP contribution in [0.5, 0.6) is 0 Å². The van der Waals surface area contributed by atoms with Crippen LogP contribution >= 0.6 is 0 Å². The van der Waals surface area contributed by atoms with Gasteiger partial charge in [-0.2, -0.15) is 0 Å². The van der Waals surface area contributed by atoms with E-state index in [9.17, 15) is 20.0 Å². The Labute approximate surface area is 135 Å². The molecule has 0 heterocycles. The second kappa shape index (κ2) is 8.28. The number of amides is 1. The molecule has 0 aliphatic carbocycles. The molecule has 7 nitrogen and oxygen atoms in total. The standard InChI is InChI=1S/C16H22N2O5/c1-16(2,3)23-15(20)17-13(11-19)6-4-5-12-7-9-14(10-8-12)18(21)22/h4-5,7-10,13,19H,6,11H2,1-3H3,(H,17,20)/b5-4-/t13-/m0/s1. The van der Waals surface area contributed by atoms with Crippen LogP contribution in [0.4, 0.5) is 10.5 Å². The summed E-state index contributed by atoms with van der Waals surface area (Å²) in [5, 5.41) is 22.4. The summed E-state index contributed by atoms with van der Waals surface area (Å²) >= 11 is 0. The van der Waals surface area contributed by atoms with Crippen LogP contribution in [0.2, 0.25) is 0 Å². The van der Waals surface area contributed by atoms with Gasteiger partial charge < -0.3 is 15.2 Å². The Morgan fingerprint density at radius 1 is 1.39 bits per heavy atom. The van der Waals surface area contributed by atoms with Gasteiger partial charge in [-0.3, -0.25) is 10.1 Å². The molecule has 1 aromatic rings. The van der Waals surface area contributed by atoms with Gasteiger partial charge in [-0.15, -0.1) is 0 Å². The molecule has 7 heteroatoms. The fourth-order valence-electron chi connectivity index (χ4n) is 1.73. The Balaban J connectivity index is 2.53. The van der Waals surface area contributed by atoms with Crippen molar-refractivity contribution in [1.29, 1.82) is 0 Å². The maximum absolute atomic E-state index is 11.6. The summed E-state index contributed by atoms with van der Waals surface area (Å²) in [6.07, 6.45) is 3.37. The molecule has 0 saturated heterocycles. The Hall–Kier alpha value is -2.41. The predicted octanol–water partition coefficient (Wildman–Crippen LogP) is 2.88. The summed E-state index contributed by atoms with van der Waals surface area (Å²) in [5.74, 6) is 0. The first-order chi connectivity index (χ1) is 10.7. The van der Waals surface area contributed by atoms with Crippen molar-refractivity contribution in [3.63, 3.8) is 0 Å². The zero-order valence-electron chi connectivity index (χ0n) is 13.5. The largest absolute Gasteiger partial charge is 0.444 e. The second-order valence-corrected chi connectivity index (χ2v) is 6.01. The van der Waals surface area contributed by atoms with E-state index in [0.29, 0.717) is 6.42 Å². The van der Waals surface area contributed by atoms with Crippen molar-refractivity contribution in [2.24, 2.45) is 0 Å². The van der Waals surface area contributed by atoms with Gasteiger partial charge in [0, 0.05) is 12.1 Å². The lowest BCUT2D eigenvalue weighted by atomic mass is 10.1. The predicted molar refractivity (Wildman–Crippen MR) is 87.0 cm³/mol. The number of carbonyl (C=O) groups is 1. The van der Waals surface area contributed by atoms with E-state index in [0.717, 1.165) is 5.56 Å². The number of alkyl carbamates (subject to hydrolysis) is 1. The van der Waals surface area contributed by atoms with Gasteiger partial charge in [0.2, 0.25) is 0 Å². The van der Waals surface area contributed by atoms with Crippen LogP contribution in [0.1, 0.15) is 32.8 Å². The molecule has 23 heavy (non-hydrogen) atoms. The molecular weight excluding hydrogens is 300 g/mol. The number of hydrogen-bond donors (Lipinski definition) is 2. The number of ether oxygens (including phenoxy) is 1. The normalized spacial score (nSPS) is 12.9. The zero-order valence-corrected chi connectivity index (χ0v) is 13.5. The van der Waals surface area contributed by atoms with Gasteiger partial charge in [0.15, 0.2) is 0 Å². The van der Waals surface area contributed by atoms with Crippen LogP contribution in [0.3, 0.4) is 0 Å². The van der Waals surface area contributed by atoms with E-state index in [2.05, 4.69) is 5.32 Å². The average molecular weight is 322 g/mol. The lowest BCUT2D eigenvalue weighted by molar-refractivity contribution is -0.384. The highest BCUT2D eigenvalue weighted by atomic mass is 16.6. The van der Waals surface area contributed by atoms with Crippen LogP contribution in [0.25, 0.3) is 6.08 Å². The van der Waals surface area contributed by atoms with Crippen molar-refractivity contribution in [3.05, 3.63) is 46.0 Å². The van der Waals surface area contributed by atoms with Crippen LogP contribution in [-0.2, 0) is 4.74 Å². The molecule has 0 unspecified atom stereocenters. The van der Waals surface area contributed by atoms with Crippen molar-refractivity contribution in [3.8, 4) is 0 Å². The first kappa shape index (κ1) is 18.6. The van der Waals surface area contributed by atoms with E-state index in [4.69, 9.17) is 4.74 Å². The number of nitrogens with zero attached hydrogens (tertiary/aromatic N) is 1. The van der Waals surface area contributed by atoms with Gasteiger partial charge in [0.05, 0.1) is 17.6 Å². The number of nitro groups is 1. The lowest BCUT2D eigenvalue weighted by Crippen LogP contribution is -2.40. The van der Waals surface area contributed by atoms with Gasteiger partial charge in [0.25, 0.3) is 5.69 Å². The quantitative estimate of drug-likeness (QED) is 0.619. The topological polar surface area (TPSA) is 102 Å². The van der Waals surface area contributed by atoms with E-state index in [1.54, 1.807) is 45.1 Å². The first-order valence-electron chi connectivity index (χ1n) is 7.22. The second-order valence-electron chi connectivity index (χ2n) is 6.01. The number of rotatable bonds is 6. The van der Waals surface area contributed by atoms with Gasteiger partial charge in [-0.05, 0) is 44.9 Å². The highest BCUT2D eigenvalue weighted by Crippen LogP contribution is 2.13. The van der Waals surface area contributed by atoms with E-state index in [-0.39, 0.29) is 12.3 Å². The summed E-state index contributed by atoms with van der Waals surface area (Å²) in [7, 11) is 0. The third-order valence-electron chi connectivity index (χ3n) is 2.78. The fourth-order valence-corrected chi connectivity index (χ4v) is 1.73. The Morgan fingerprint density at radius 2 is 2.00 bits per heavy atom. The monoisotopic (exact) mass is 322 g/mol. The molecule has 1 rings (SSSR count). The maximum atomic E-state index is 11.6. The Morgan fingerprint density at radius 3 is 2.48 bits per heavy atom. The van der Waals surface area contributed by atoms with Crippen molar-refractivity contribution < 1.29 is 19.6 Å². The number of nitro benzene ring substituents is 1. The minimum Gasteiger partial charge on any atom is -0.444 e. The van der Waals surface area contributed by atoms with Gasteiger partial charge in [-0.1, -0.05) is 12.2 Å². The molecule has 0 spiro atoms. The van der Waals surface area contributed by atoms with Crippen LogP contribution in [-0.4, -0.2) is 34.4 Å². The first-order valence-corrected chi connectivity index (χ1v) is 7.22. The lowest BCUT2D eigenvalue weighted by Gasteiger charge is -2.22. The van der Waals surface area contributed by atoms with E-state index in [1.807, 2.05) is 0 Å². The number of nitrogens with one attached hydrogen (secondary N) is 1. The number of aliphatic hydroxyl groups excluding tert-OH is 1. The smallest absolute Gasteiger partial charge is 0.407 e. The van der Waals surface area contributed by atoms with E-state index >= 15 is 0 Å². The Kier molecular flexibility index (Phi) is 6.71. The van der Waals surface area contributed by atoms with Crippen molar-refractivity contribution in [2.75, 3.05) is 6.61 Å². The molecule has 0 aromatic heterocycles. The summed E-state index contributed by atoms with van der Waals surface area (Å²) < 4.78 is 5.12. The SMILES string of the molecule is CC(C)(C)OC(=O)N[C@H](CO)C/C=C\c1ccc([N+](=O)[O-])cc1. The molecule has 0 radical (unpaired) electrons. The van der Waals surface area contributed by atoms with Crippen LogP contribution < -0.4 is 5.32 Å². The highest BCUT2D eigenvalue weighted by molar-refractivity contribution is 5.68. The molecule has 1 aromatic carbocycles. The number of non-ortho nitro benzene ring substituents is 1. The van der Waals surface area contributed by atoms with Gasteiger partial charge in [-0.25, -0.2) is 4.79 Å². The molecule has 0 aliphatic rings. The van der Waals surface area contributed by atoms with E-state index < -0.39 is 22.7 Å². The van der Waals surface area contributed by atoms with Crippen LogP contribution in [0, 0.1) is 10.1 Å². The summed E-state index contributed by atoms with van der Waals surface area (Å²) in [4.78, 5) is 21.7. The molecule has 126 valence electrons. The molecule has 0 fully saturated rings. The maximum Gasteiger partial charge on any atom is 0.407 e. The van der Waals surface area contributed by atoms with Gasteiger partial charge >= 0.3 is 6.09 Å². The average Bonchev–Trinajstić information content (AvgIpc) is 2.44. The molecule has 0 bridgehead atoms. The van der Waals surface area contributed by atoms with Crippen molar-refractivity contribution >= 4 is 17.9 Å². The third-order valence-corrected chi connectivity index (χ3v) is 2.78. The number of carbonyl (C=O) groups excluding carboxylic acids is 1. The van der Waals surface area contributed by atoms with E-state index in [1.165, 1.54) is 12.1 Å². The summed E-state index contributed by atoms with van der Waals surface area (Å²) in [5.41, 5.74) is 0.227. The fraction of sp³-hybridized carbons (Fsp3) is 0.438. The third kappa shape index (κ3) is 7.42. The minimum atomic E-state index is -0.599. The Bertz CT molecular complexity index is 561. The summed E-state index contributed by atoms with van der Waals surface area (Å²) in [6, 6.07) is 5.64. The number of benzene rings is 1. The minimum absolute atomic E-state index is 0.0296. The molecule has 0 saturated carbocycles. The zero-order chi connectivity index (χ0) is 17.5. The van der Waals surface area contributed by atoms with Crippen LogP contribution in [0.15, 0.2) is 30.3 Å². The van der Waals surface area contributed by atoms with Crippen molar-refractivity contribution in [2.45, 2.75) is 38.8 Å². The number of hydrogen-bond acceptors (Lipinski definition) is 5. The molecule has 2 N–H and O–H groups in total. The summed E-state index contributed by atoms with van der Waals surface area (Å²) in [6.45, 7) is 5.06. The molecular formula is C16H22N2O5. The molecule has 1 amide bonds. The van der Waals surface area contributed by atoms with Crippen molar-refractivity contribution in [1.82, 2.24) is 5.32 Å². The van der Waals surface area contributed by atoms with Gasteiger partial charge in [0.1, 0.15) is 5.60 Å². The molecule has 0 aliphatic heterocycles.